The highest BCUT2D eigenvalue weighted by molar-refractivity contribution is 5.94. The summed E-state index contributed by atoms with van der Waals surface area (Å²) in [6.45, 7) is 8.05. The van der Waals surface area contributed by atoms with Gasteiger partial charge in [0.2, 0.25) is 0 Å². The van der Waals surface area contributed by atoms with Gasteiger partial charge in [-0.25, -0.2) is 0 Å². The van der Waals surface area contributed by atoms with Gasteiger partial charge in [-0.05, 0) is 54.8 Å². The van der Waals surface area contributed by atoms with Gasteiger partial charge in [-0.3, -0.25) is 4.79 Å². The summed E-state index contributed by atoms with van der Waals surface area (Å²) in [6, 6.07) is 14.2. The van der Waals surface area contributed by atoms with E-state index in [1.165, 1.54) is 11.3 Å². The van der Waals surface area contributed by atoms with Gasteiger partial charge in [0.05, 0.1) is 13.2 Å². The van der Waals surface area contributed by atoms with Crippen LogP contribution >= 0.6 is 0 Å². The van der Waals surface area contributed by atoms with E-state index in [0.29, 0.717) is 12.1 Å². The van der Waals surface area contributed by atoms with Crippen molar-refractivity contribution in [2.24, 2.45) is 0 Å². The van der Waals surface area contributed by atoms with Crippen molar-refractivity contribution < 1.29 is 9.53 Å². The number of benzene rings is 2. The summed E-state index contributed by atoms with van der Waals surface area (Å²) in [7, 11) is 0. The highest BCUT2D eigenvalue weighted by Crippen LogP contribution is 2.17. The first-order valence-electron chi connectivity index (χ1n) is 8.40. The topological polar surface area (TPSA) is 41.6 Å². The van der Waals surface area contributed by atoms with Gasteiger partial charge in [-0.1, -0.05) is 18.2 Å². The maximum Gasteiger partial charge on any atom is 0.251 e. The monoisotopic (exact) mass is 324 g/mol. The third kappa shape index (κ3) is 3.95. The van der Waals surface area contributed by atoms with E-state index in [2.05, 4.69) is 34.5 Å². The molecule has 1 heterocycles. The number of anilines is 1. The van der Waals surface area contributed by atoms with Crippen LogP contribution in [0.1, 0.15) is 27.0 Å². The van der Waals surface area contributed by atoms with Gasteiger partial charge in [-0.15, -0.1) is 0 Å². The molecule has 0 radical (unpaired) electrons. The molecule has 0 atom stereocenters. The number of hydrogen-bond donors (Lipinski definition) is 1. The van der Waals surface area contributed by atoms with E-state index in [1.54, 1.807) is 0 Å². The number of amides is 1. The van der Waals surface area contributed by atoms with Gasteiger partial charge in [0, 0.05) is 30.9 Å². The molecule has 126 valence electrons. The van der Waals surface area contributed by atoms with Crippen molar-refractivity contribution in [1.82, 2.24) is 5.32 Å². The molecule has 0 bridgehead atoms. The molecule has 1 aliphatic rings. The van der Waals surface area contributed by atoms with E-state index < -0.39 is 0 Å². The minimum atomic E-state index is -0.0321. The lowest BCUT2D eigenvalue weighted by atomic mass is 10.1. The predicted molar refractivity (Wildman–Crippen MR) is 96.6 cm³/mol. The fourth-order valence-corrected chi connectivity index (χ4v) is 2.81. The second-order valence-corrected chi connectivity index (χ2v) is 6.25. The van der Waals surface area contributed by atoms with Crippen LogP contribution in [0, 0.1) is 13.8 Å². The van der Waals surface area contributed by atoms with Crippen LogP contribution in [0.4, 0.5) is 5.69 Å². The van der Waals surface area contributed by atoms with Gasteiger partial charge < -0.3 is 15.0 Å². The first kappa shape index (κ1) is 16.5. The number of aryl methyl sites for hydroxylation is 2. The van der Waals surface area contributed by atoms with Crippen LogP contribution in [0.3, 0.4) is 0 Å². The SMILES string of the molecule is Cc1ccc(C(=O)NCc2ccc(N3CCOCC3)cc2)cc1C. The van der Waals surface area contributed by atoms with Gasteiger partial charge >= 0.3 is 0 Å². The van der Waals surface area contributed by atoms with Crippen molar-refractivity contribution >= 4 is 11.6 Å². The zero-order chi connectivity index (χ0) is 16.9. The number of nitrogens with one attached hydrogen (secondary N) is 1. The largest absolute Gasteiger partial charge is 0.378 e. The van der Waals surface area contributed by atoms with Crippen LogP contribution in [-0.2, 0) is 11.3 Å². The number of morpholine rings is 1. The summed E-state index contributed by atoms with van der Waals surface area (Å²) >= 11 is 0. The fraction of sp³-hybridized carbons (Fsp3) is 0.350. The van der Waals surface area contributed by atoms with Crippen LogP contribution in [0.15, 0.2) is 42.5 Å². The number of ether oxygens (including phenoxy) is 1. The van der Waals surface area contributed by atoms with Crippen molar-refractivity contribution in [3.8, 4) is 0 Å². The summed E-state index contributed by atoms with van der Waals surface area (Å²) in [5.41, 5.74) is 5.36. The van der Waals surface area contributed by atoms with Crippen molar-refractivity contribution in [2.45, 2.75) is 20.4 Å². The van der Waals surface area contributed by atoms with E-state index in [4.69, 9.17) is 4.74 Å². The van der Waals surface area contributed by atoms with Crippen LogP contribution in [-0.4, -0.2) is 32.2 Å². The highest BCUT2D eigenvalue weighted by Gasteiger charge is 2.11. The second-order valence-electron chi connectivity index (χ2n) is 6.25. The Morgan fingerprint density at radius 3 is 2.42 bits per heavy atom. The molecule has 1 aliphatic heterocycles. The van der Waals surface area contributed by atoms with E-state index in [-0.39, 0.29) is 5.91 Å². The van der Waals surface area contributed by atoms with Crippen LogP contribution in [0.5, 0.6) is 0 Å². The Bertz CT molecular complexity index is 704. The molecule has 1 amide bonds. The first-order valence-corrected chi connectivity index (χ1v) is 8.40. The number of carbonyl (C=O) groups is 1. The number of hydrogen-bond acceptors (Lipinski definition) is 3. The Morgan fingerprint density at radius 1 is 1.04 bits per heavy atom. The highest BCUT2D eigenvalue weighted by atomic mass is 16.5. The minimum Gasteiger partial charge on any atom is -0.378 e. The molecule has 1 saturated heterocycles. The lowest BCUT2D eigenvalue weighted by Crippen LogP contribution is -2.36. The van der Waals surface area contributed by atoms with Crippen molar-refractivity contribution in [3.05, 3.63) is 64.7 Å². The van der Waals surface area contributed by atoms with Crippen molar-refractivity contribution in [1.29, 1.82) is 0 Å². The molecule has 4 heteroatoms. The molecular formula is C20H24N2O2. The Kier molecular flexibility index (Phi) is 5.16. The number of carbonyl (C=O) groups excluding carboxylic acids is 1. The normalized spacial score (nSPS) is 14.5. The second kappa shape index (κ2) is 7.49. The Balaban J connectivity index is 1.57. The Morgan fingerprint density at radius 2 is 1.75 bits per heavy atom. The molecule has 0 spiro atoms. The van der Waals surface area contributed by atoms with Crippen molar-refractivity contribution in [2.75, 3.05) is 31.2 Å². The van der Waals surface area contributed by atoms with E-state index >= 15 is 0 Å². The molecule has 4 nitrogen and oxygen atoms in total. The van der Waals surface area contributed by atoms with Crippen LogP contribution < -0.4 is 10.2 Å². The molecule has 1 N–H and O–H groups in total. The molecule has 2 aromatic rings. The van der Waals surface area contributed by atoms with Crippen LogP contribution in [0.25, 0.3) is 0 Å². The molecule has 3 rings (SSSR count). The van der Waals surface area contributed by atoms with Gasteiger partial charge in [0.15, 0.2) is 0 Å². The average Bonchev–Trinajstić information content (AvgIpc) is 2.63. The molecule has 24 heavy (non-hydrogen) atoms. The number of rotatable bonds is 4. The maximum absolute atomic E-state index is 12.3. The molecular weight excluding hydrogens is 300 g/mol. The smallest absolute Gasteiger partial charge is 0.251 e. The summed E-state index contributed by atoms with van der Waals surface area (Å²) in [4.78, 5) is 14.6. The molecule has 2 aromatic carbocycles. The molecule has 0 unspecified atom stereocenters. The molecule has 1 fully saturated rings. The molecule has 0 aromatic heterocycles. The van der Waals surface area contributed by atoms with Gasteiger partial charge in [-0.2, -0.15) is 0 Å². The zero-order valence-electron chi connectivity index (χ0n) is 14.3. The molecule has 0 saturated carbocycles. The lowest BCUT2D eigenvalue weighted by molar-refractivity contribution is 0.0951. The van der Waals surface area contributed by atoms with E-state index in [1.807, 2.05) is 32.0 Å². The van der Waals surface area contributed by atoms with Gasteiger partial charge in [0.1, 0.15) is 0 Å². The van der Waals surface area contributed by atoms with E-state index in [0.717, 1.165) is 37.4 Å². The van der Waals surface area contributed by atoms with Crippen molar-refractivity contribution in [3.63, 3.8) is 0 Å². The fourth-order valence-electron chi connectivity index (χ4n) is 2.81. The summed E-state index contributed by atoms with van der Waals surface area (Å²) in [5, 5.41) is 2.99. The molecule has 0 aliphatic carbocycles. The quantitative estimate of drug-likeness (QED) is 0.940. The van der Waals surface area contributed by atoms with E-state index in [9.17, 15) is 4.79 Å². The summed E-state index contributed by atoms with van der Waals surface area (Å²) < 4.78 is 5.38. The minimum absolute atomic E-state index is 0.0321. The Labute approximate surface area is 143 Å². The first-order chi connectivity index (χ1) is 11.6. The third-order valence-corrected chi connectivity index (χ3v) is 4.53. The summed E-state index contributed by atoms with van der Waals surface area (Å²) in [5.74, 6) is -0.0321. The van der Waals surface area contributed by atoms with Gasteiger partial charge in [0.25, 0.3) is 5.91 Å². The summed E-state index contributed by atoms with van der Waals surface area (Å²) in [6.07, 6.45) is 0. The number of nitrogens with zero attached hydrogens (tertiary/aromatic N) is 1. The maximum atomic E-state index is 12.3. The predicted octanol–water partition coefficient (Wildman–Crippen LogP) is 3.07. The zero-order valence-corrected chi connectivity index (χ0v) is 14.3. The third-order valence-electron chi connectivity index (χ3n) is 4.53. The van der Waals surface area contributed by atoms with Crippen LogP contribution in [0.2, 0.25) is 0 Å². The Hall–Kier alpha value is -2.33. The average molecular weight is 324 g/mol. The standard InChI is InChI=1S/C20H24N2O2/c1-15-3-6-18(13-16(15)2)20(23)21-14-17-4-7-19(8-5-17)22-9-11-24-12-10-22/h3-8,13H,9-12,14H2,1-2H3,(H,21,23). The lowest BCUT2D eigenvalue weighted by Gasteiger charge is -2.28.